The standard InChI is InChI=1S/C22H18F2N4O2/c1-28(2)22(30)20(29)14-6-12(8-25-9-14)13-7-16-17(11-27-21(16)26-10-13)15-4-3-5-18(23)19(15)24/h3-11,20,29H,1-2H3,(H,26,27). The van der Waals surface area contributed by atoms with E-state index < -0.39 is 23.6 Å². The van der Waals surface area contributed by atoms with Gasteiger partial charge in [-0.05, 0) is 18.2 Å². The number of carbonyl (C=O) groups excluding carboxylic acids is 1. The highest BCUT2D eigenvalue weighted by Crippen LogP contribution is 2.33. The molecule has 8 heteroatoms. The minimum absolute atomic E-state index is 0.124. The Balaban J connectivity index is 1.79. The van der Waals surface area contributed by atoms with Gasteiger partial charge < -0.3 is 15.0 Å². The number of likely N-dealkylation sites (N-methyl/N-ethyl adjacent to an activating group) is 1. The van der Waals surface area contributed by atoms with Crippen molar-refractivity contribution in [3.05, 3.63) is 72.3 Å². The summed E-state index contributed by atoms with van der Waals surface area (Å²) in [6.07, 6.45) is 4.84. The number of nitrogens with one attached hydrogen (secondary N) is 1. The summed E-state index contributed by atoms with van der Waals surface area (Å²) in [5, 5.41) is 10.9. The highest BCUT2D eigenvalue weighted by molar-refractivity contribution is 5.96. The minimum Gasteiger partial charge on any atom is -0.378 e. The molecule has 4 rings (SSSR count). The lowest BCUT2D eigenvalue weighted by molar-refractivity contribution is -0.137. The number of aromatic amines is 1. The van der Waals surface area contributed by atoms with Crippen LogP contribution >= 0.6 is 0 Å². The number of nitrogens with zero attached hydrogens (tertiary/aromatic N) is 3. The van der Waals surface area contributed by atoms with Gasteiger partial charge in [0, 0.05) is 72.1 Å². The van der Waals surface area contributed by atoms with E-state index in [0.717, 1.165) is 6.07 Å². The summed E-state index contributed by atoms with van der Waals surface area (Å²) < 4.78 is 28.0. The van der Waals surface area contributed by atoms with E-state index in [0.29, 0.717) is 33.3 Å². The van der Waals surface area contributed by atoms with Gasteiger partial charge in [0.05, 0.1) is 0 Å². The molecule has 0 radical (unpaired) electrons. The van der Waals surface area contributed by atoms with Gasteiger partial charge in [0.2, 0.25) is 0 Å². The topological polar surface area (TPSA) is 82.1 Å². The lowest BCUT2D eigenvalue weighted by atomic mass is 10.0. The first-order valence-corrected chi connectivity index (χ1v) is 9.13. The number of aromatic nitrogens is 3. The number of carbonyl (C=O) groups is 1. The number of fused-ring (bicyclic) bond motifs is 1. The highest BCUT2D eigenvalue weighted by atomic mass is 19.2. The first-order valence-electron chi connectivity index (χ1n) is 9.13. The van der Waals surface area contributed by atoms with Gasteiger partial charge in [-0.3, -0.25) is 9.78 Å². The van der Waals surface area contributed by atoms with Crippen LogP contribution in [-0.4, -0.2) is 45.0 Å². The SMILES string of the molecule is CN(C)C(=O)C(O)c1cncc(-c2cnc3[nH]cc(-c4cccc(F)c4F)c3c2)c1. The summed E-state index contributed by atoms with van der Waals surface area (Å²) in [7, 11) is 3.11. The van der Waals surface area contributed by atoms with E-state index in [9.17, 15) is 18.7 Å². The minimum atomic E-state index is -1.34. The molecule has 1 atom stereocenters. The van der Waals surface area contributed by atoms with E-state index in [4.69, 9.17) is 0 Å². The zero-order valence-electron chi connectivity index (χ0n) is 16.2. The third-order valence-electron chi connectivity index (χ3n) is 4.86. The molecule has 3 aromatic heterocycles. The lowest BCUT2D eigenvalue weighted by Gasteiger charge is -2.16. The molecule has 0 fully saturated rings. The zero-order valence-corrected chi connectivity index (χ0v) is 16.2. The van der Waals surface area contributed by atoms with Crippen molar-refractivity contribution in [2.75, 3.05) is 14.1 Å². The smallest absolute Gasteiger partial charge is 0.255 e. The van der Waals surface area contributed by atoms with E-state index in [1.807, 2.05) is 0 Å². The van der Waals surface area contributed by atoms with Gasteiger partial charge in [-0.15, -0.1) is 0 Å². The fraction of sp³-hybridized carbons (Fsp3) is 0.136. The number of hydrogen-bond donors (Lipinski definition) is 2. The van der Waals surface area contributed by atoms with Gasteiger partial charge in [0.15, 0.2) is 17.7 Å². The molecule has 0 saturated carbocycles. The molecule has 0 bridgehead atoms. The number of halogens is 2. The van der Waals surface area contributed by atoms with Gasteiger partial charge in [-0.1, -0.05) is 12.1 Å². The predicted molar refractivity (Wildman–Crippen MR) is 108 cm³/mol. The van der Waals surface area contributed by atoms with Crippen LogP contribution in [-0.2, 0) is 4.79 Å². The molecule has 0 aliphatic heterocycles. The quantitative estimate of drug-likeness (QED) is 0.540. The molecule has 0 spiro atoms. The van der Waals surface area contributed by atoms with Crippen molar-refractivity contribution >= 4 is 16.9 Å². The van der Waals surface area contributed by atoms with Crippen LogP contribution in [0.1, 0.15) is 11.7 Å². The Labute approximate surface area is 170 Å². The van der Waals surface area contributed by atoms with Crippen LogP contribution in [0.4, 0.5) is 8.78 Å². The number of amides is 1. The monoisotopic (exact) mass is 408 g/mol. The molecule has 2 N–H and O–H groups in total. The van der Waals surface area contributed by atoms with E-state index in [-0.39, 0.29) is 5.56 Å². The highest BCUT2D eigenvalue weighted by Gasteiger charge is 2.20. The molecule has 4 aromatic rings. The molecule has 152 valence electrons. The van der Waals surface area contributed by atoms with Gasteiger partial charge >= 0.3 is 0 Å². The van der Waals surface area contributed by atoms with Crippen molar-refractivity contribution in [1.82, 2.24) is 19.9 Å². The largest absolute Gasteiger partial charge is 0.378 e. The molecule has 1 unspecified atom stereocenters. The molecule has 30 heavy (non-hydrogen) atoms. The van der Waals surface area contributed by atoms with Crippen LogP contribution in [0.5, 0.6) is 0 Å². The third-order valence-corrected chi connectivity index (χ3v) is 4.86. The van der Waals surface area contributed by atoms with Crippen molar-refractivity contribution in [1.29, 1.82) is 0 Å². The Hall–Kier alpha value is -3.65. The second kappa shape index (κ2) is 7.64. The summed E-state index contributed by atoms with van der Waals surface area (Å²) >= 11 is 0. The third kappa shape index (κ3) is 3.42. The van der Waals surface area contributed by atoms with E-state index in [1.54, 1.807) is 44.8 Å². The van der Waals surface area contributed by atoms with Gasteiger partial charge in [0.25, 0.3) is 5.91 Å². The molecular formula is C22H18F2N4O2. The summed E-state index contributed by atoms with van der Waals surface area (Å²) in [5.74, 6) is -2.32. The zero-order chi connectivity index (χ0) is 21.4. The maximum atomic E-state index is 14.3. The Kier molecular flexibility index (Phi) is 5.01. The average Bonchev–Trinajstić information content (AvgIpc) is 3.17. The maximum absolute atomic E-state index is 14.3. The molecule has 0 aliphatic carbocycles. The lowest BCUT2D eigenvalue weighted by Crippen LogP contribution is -2.28. The Bertz CT molecular complexity index is 1250. The summed E-state index contributed by atoms with van der Waals surface area (Å²) in [6.45, 7) is 0. The Morgan fingerprint density at radius 3 is 2.63 bits per heavy atom. The molecular weight excluding hydrogens is 390 g/mol. The van der Waals surface area contributed by atoms with E-state index in [2.05, 4.69) is 15.0 Å². The van der Waals surface area contributed by atoms with Crippen LogP contribution in [0.15, 0.2) is 55.1 Å². The molecule has 1 amide bonds. The normalized spacial score (nSPS) is 12.2. The molecule has 3 heterocycles. The van der Waals surface area contributed by atoms with Gasteiger partial charge in [0.1, 0.15) is 5.65 Å². The van der Waals surface area contributed by atoms with Gasteiger partial charge in [-0.2, -0.15) is 0 Å². The maximum Gasteiger partial charge on any atom is 0.255 e. The Morgan fingerprint density at radius 1 is 1.10 bits per heavy atom. The van der Waals surface area contributed by atoms with Crippen LogP contribution in [0.25, 0.3) is 33.3 Å². The van der Waals surface area contributed by atoms with Crippen molar-refractivity contribution < 1.29 is 18.7 Å². The predicted octanol–water partition coefficient (Wildman–Crippen LogP) is 3.69. The van der Waals surface area contributed by atoms with Crippen LogP contribution < -0.4 is 0 Å². The fourth-order valence-electron chi connectivity index (χ4n) is 3.25. The molecule has 0 saturated heterocycles. The summed E-state index contributed by atoms with van der Waals surface area (Å²) in [6, 6.07) is 7.44. The number of aliphatic hydroxyl groups excluding tert-OH is 1. The van der Waals surface area contributed by atoms with Crippen LogP contribution in [0, 0.1) is 11.6 Å². The van der Waals surface area contributed by atoms with Crippen molar-refractivity contribution in [3.8, 4) is 22.3 Å². The second-order valence-electron chi connectivity index (χ2n) is 7.07. The number of benzene rings is 1. The summed E-state index contributed by atoms with van der Waals surface area (Å²) in [4.78, 5) is 24.8. The fourth-order valence-corrected chi connectivity index (χ4v) is 3.25. The van der Waals surface area contributed by atoms with E-state index in [1.165, 1.54) is 23.2 Å². The summed E-state index contributed by atoms with van der Waals surface area (Å²) in [5.41, 5.74) is 2.74. The molecule has 6 nitrogen and oxygen atoms in total. The number of aliphatic hydroxyl groups is 1. The van der Waals surface area contributed by atoms with Crippen LogP contribution in [0.2, 0.25) is 0 Å². The van der Waals surface area contributed by atoms with Crippen molar-refractivity contribution in [3.63, 3.8) is 0 Å². The molecule has 1 aromatic carbocycles. The average molecular weight is 408 g/mol. The van der Waals surface area contributed by atoms with Crippen molar-refractivity contribution in [2.24, 2.45) is 0 Å². The van der Waals surface area contributed by atoms with Crippen molar-refractivity contribution in [2.45, 2.75) is 6.10 Å². The van der Waals surface area contributed by atoms with Gasteiger partial charge in [-0.25, -0.2) is 13.8 Å². The van der Waals surface area contributed by atoms with E-state index >= 15 is 0 Å². The Morgan fingerprint density at radius 2 is 1.87 bits per heavy atom. The molecule has 0 aliphatic rings. The number of rotatable bonds is 4. The first kappa shape index (κ1) is 19.7. The number of pyridine rings is 2. The number of H-pyrrole nitrogens is 1. The van der Waals surface area contributed by atoms with Crippen LogP contribution in [0.3, 0.4) is 0 Å². The number of hydrogen-bond acceptors (Lipinski definition) is 4. The first-order chi connectivity index (χ1) is 14.4. The second-order valence-corrected chi connectivity index (χ2v) is 7.07.